The van der Waals surface area contributed by atoms with Crippen LogP contribution < -0.4 is 9.64 Å². The molecule has 0 spiro atoms. The lowest BCUT2D eigenvalue weighted by atomic mass is 10.1. The van der Waals surface area contributed by atoms with Crippen molar-refractivity contribution in [3.8, 4) is 5.75 Å². The Balaban J connectivity index is 2.38. The molecule has 0 saturated heterocycles. The number of nitro benzene ring substituents is 1. The third kappa shape index (κ3) is 1.80. The minimum atomic E-state index is -0.404. The van der Waals surface area contributed by atoms with Gasteiger partial charge in [0.25, 0.3) is 5.69 Å². The summed E-state index contributed by atoms with van der Waals surface area (Å²) in [6.45, 7) is 2.86. The van der Waals surface area contributed by atoms with Gasteiger partial charge in [-0.15, -0.1) is 0 Å². The normalized spacial score (nSPS) is 18.9. The van der Waals surface area contributed by atoms with Gasteiger partial charge in [-0.2, -0.15) is 0 Å². The number of likely N-dealkylation sites (N-methyl/N-ethyl adjacent to an activating group) is 1. The Morgan fingerprint density at radius 3 is 3.00 bits per heavy atom. The quantitative estimate of drug-likeness (QED) is 0.568. The van der Waals surface area contributed by atoms with Gasteiger partial charge >= 0.3 is 0 Å². The van der Waals surface area contributed by atoms with E-state index >= 15 is 0 Å². The van der Waals surface area contributed by atoms with Crippen molar-refractivity contribution in [1.82, 2.24) is 0 Å². The van der Waals surface area contributed by atoms with Crippen molar-refractivity contribution in [3.63, 3.8) is 0 Å². The van der Waals surface area contributed by atoms with Crippen molar-refractivity contribution >= 4 is 11.4 Å². The number of anilines is 1. The second kappa shape index (κ2) is 4.00. The number of nitro groups is 1. The summed E-state index contributed by atoms with van der Waals surface area (Å²) in [6.07, 6.45) is 1.01. The Labute approximate surface area is 93.8 Å². The van der Waals surface area contributed by atoms with Gasteiger partial charge in [0.15, 0.2) is 0 Å². The lowest BCUT2D eigenvalue weighted by Gasteiger charge is -2.33. The molecule has 5 heteroatoms. The maximum atomic E-state index is 10.7. The Morgan fingerprint density at radius 2 is 2.38 bits per heavy atom. The zero-order chi connectivity index (χ0) is 11.7. The van der Waals surface area contributed by atoms with Crippen LogP contribution in [0.3, 0.4) is 0 Å². The molecule has 1 aliphatic heterocycles. The van der Waals surface area contributed by atoms with Gasteiger partial charge in [0.2, 0.25) is 0 Å². The monoisotopic (exact) mass is 222 g/mol. The van der Waals surface area contributed by atoms with Crippen LogP contribution in [0.2, 0.25) is 0 Å². The van der Waals surface area contributed by atoms with E-state index < -0.39 is 4.92 Å². The average molecular weight is 222 g/mol. The summed E-state index contributed by atoms with van der Waals surface area (Å²) in [7, 11) is 1.97. The van der Waals surface area contributed by atoms with E-state index in [1.54, 1.807) is 6.07 Å². The fraction of sp³-hybridized carbons (Fsp3) is 0.455. The molecule has 2 rings (SSSR count). The Kier molecular flexibility index (Phi) is 2.68. The van der Waals surface area contributed by atoms with Crippen molar-refractivity contribution < 1.29 is 9.66 Å². The number of benzene rings is 1. The van der Waals surface area contributed by atoms with E-state index in [1.165, 1.54) is 12.1 Å². The van der Waals surface area contributed by atoms with Gasteiger partial charge in [0.05, 0.1) is 23.2 Å². The molecular formula is C11H14N2O3. The van der Waals surface area contributed by atoms with Gasteiger partial charge in [-0.1, -0.05) is 6.92 Å². The Bertz CT molecular complexity index is 420. The molecule has 16 heavy (non-hydrogen) atoms. The van der Waals surface area contributed by atoms with Gasteiger partial charge in [0.1, 0.15) is 11.9 Å². The van der Waals surface area contributed by atoms with Gasteiger partial charge in [-0.05, 0) is 12.5 Å². The number of nitrogens with zero attached hydrogens (tertiary/aromatic N) is 2. The van der Waals surface area contributed by atoms with E-state index in [9.17, 15) is 10.1 Å². The number of ether oxygens (including phenoxy) is 1. The van der Waals surface area contributed by atoms with Crippen molar-refractivity contribution in [3.05, 3.63) is 28.3 Å². The van der Waals surface area contributed by atoms with E-state index in [-0.39, 0.29) is 11.8 Å². The van der Waals surface area contributed by atoms with Crippen molar-refractivity contribution in [2.75, 3.05) is 18.5 Å². The van der Waals surface area contributed by atoms with Crippen molar-refractivity contribution in [1.29, 1.82) is 0 Å². The van der Waals surface area contributed by atoms with E-state index in [0.717, 1.165) is 18.7 Å². The number of rotatable bonds is 2. The molecule has 0 aliphatic carbocycles. The molecule has 86 valence electrons. The number of non-ortho nitro benzene ring substituents is 1. The second-order valence-corrected chi connectivity index (χ2v) is 3.94. The SMILES string of the molecule is CCC1CN(C)c2ccc([N+](=O)[O-])cc2O1. The first-order valence-electron chi connectivity index (χ1n) is 5.28. The summed E-state index contributed by atoms with van der Waals surface area (Å²) in [5.41, 5.74) is 0.985. The minimum absolute atomic E-state index is 0.0731. The summed E-state index contributed by atoms with van der Waals surface area (Å²) < 4.78 is 5.70. The highest BCUT2D eigenvalue weighted by Crippen LogP contribution is 2.35. The third-order valence-corrected chi connectivity index (χ3v) is 2.79. The highest BCUT2D eigenvalue weighted by molar-refractivity contribution is 5.63. The molecule has 0 fully saturated rings. The third-order valence-electron chi connectivity index (χ3n) is 2.79. The summed E-state index contributed by atoms with van der Waals surface area (Å²) in [6, 6.07) is 4.73. The zero-order valence-corrected chi connectivity index (χ0v) is 9.34. The summed E-state index contributed by atoms with van der Waals surface area (Å²) in [5, 5.41) is 10.7. The zero-order valence-electron chi connectivity index (χ0n) is 9.34. The molecule has 1 heterocycles. The topological polar surface area (TPSA) is 55.6 Å². The minimum Gasteiger partial charge on any atom is -0.486 e. The van der Waals surface area contributed by atoms with Gasteiger partial charge in [0, 0.05) is 13.1 Å². The molecular weight excluding hydrogens is 208 g/mol. The first-order valence-corrected chi connectivity index (χ1v) is 5.28. The Morgan fingerprint density at radius 1 is 1.62 bits per heavy atom. The maximum Gasteiger partial charge on any atom is 0.273 e. The van der Waals surface area contributed by atoms with Crippen LogP contribution in [0.15, 0.2) is 18.2 Å². The van der Waals surface area contributed by atoms with Gasteiger partial charge in [-0.25, -0.2) is 0 Å². The number of hydrogen-bond acceptors (Lipinski definition) is 4. The van der Waals surface area contributed by atoms with E-state index in [2.05, 4.69) is 4.90 Å². The van der Waals surface area contributed by atoms with Crippen LogP contribution in [0.5, 0.6) is 5.75 Å². The Hall–Kier alpha value is -1.78. The predicted molar refractivity (Wildman–Crippen MR) is 61.1 cm³/mol. The van der Waals surface area contributed by atoms with Crippen LogP contribution >= 0.6 is 0 Å². The van der Waals surface area contributed by atoms with Crippen molar-refractivity contribution in [2.24, 2.45) is 0 Å². The fourth-order valence-corrected chi connectivity index (χ4v) is 1.86. The van der Waals surface area contributed by atoms with Gasteiger partial charge in [-0.3, -0.25) is 10.1 Å². The molecule has 5 nitrogen and oxygen atoms in total. The number of fused-ring (bicyclic) bond motifs is 1. The smallest absolute Gasteiger partial charge is 0.273 e. The first-order chi connectivity index (χ1) is 7.61. The van der Waals surface area contributed by atoms with Crippen LogP contribution in [-0.2, 0) is 0 Å². The molecule has 0 aromatic heterocycles. The largest absolute Gasteiger partial charge is 0.486 e. The van der Waals surface area contributed by atoms with E-state index in [1.807, 2.05) is 14.0 Å². The van der Waals surface area contributed by atoms with Crippen LogP contribution in [-0.4, -0.2) is 24.6 Å². The fourth-order valence-electron chi connectivity index (χ4n) is 1.86. The molecule has 0 N–H and O–H groups in total. The highest BCUT2D eigenvalue weighted by Gasteiger charge is 2.24. The standard InChI is InChI=1S/C11H14N2O3/c1-3-9-7-12(2)10-5-4-8(13(14)15)6-11(10)16-9/h4-6,9H,3,7H2,1-2H3. The first kappa shape index (κ1) is 10.7. The van der Waals surface area contributed by atoms with Crippen LogP contribution in [0.4, 0.5) is 11.4 Å². The number of hydrogen-bond donors (Lipinski definition) is 0. The molecule has 1 aliphatic rings. The lowest BCUT2D eigenvalue weighted by Crippen LogP contribution is -2.37. The highest BCUT2D eigenvalue weighted by atomic mass is 16.6. The van der Waals surface area contributed by atoms with Crippen LogP contribution in [0.25, 0.3) is 0 Å². The average Bonchev–Trinajstić information content (AvgIpc) is 2.28. The molecule has 1 aromatic carbocycles. The summed E-state index contributed by atoms with van der Waals surface area (Å²) >= 11 is 0. The second-order valence-electron chi connectivity index (χ2n) is 3.94. The summed E-state index contributed by atoms with van der Waals surface area (Å²) in [5.74, 6) is 0.606. The van der Waals surface area contributed by atoms with Crippen LogP contribution in [0.1, 0.15) is 13.3 Å². The van der Waals surface area contributed by atoms with E-state index in [4.69, 9.17) is 4.74 Å². The maximum absolute atomic E-state index is 10.7. The molecule has 0 bridgehead atoms. The molecule has 1 unspecified atom stereocenters. The predicted octanol–water partition coefficient (Wildman–Crippen LogP) is 2.20. The molecule has 1 aromatic rings. The molecule has 0 amide bonds. The molecule has 0 radical (unpaired) electrons. The summed E-state index contributed by atoms with van der Waals surface area (Å²) in [4.78, 5) is 12.3. The lowest BCUT2D eigenvalue weighted by molar-refractivity contribution is -0.384. The van der Waals surface area contributed by atoms with Crippen molar-refractivity contribution in [2.45, 2.75) is 19.4 Å². The molecule has 1 atom stereocenters. The van der Waals surface area contributed by atoms with Crippen LogP contribution in [0, 0.1) is 10.1 Å². The van der Waals surface area contributed by atoms with E-state index in [0.29, 0.717) is 5.75 Å². The molecule has 0 saturated carbocycles. The van der Waals surface area contributed by atoms with Gasteiger partial charge < -0.3 is 9.64 Å².